The summed E-state index contributed by atoms with van der Waals surface area (Å²) in [5.41, 5.74) is 1.82. The number of aliphatic hydroxyl groups excluding tert-OH is 1. The van der Waals surface area contributed by atoms with E-state index >= 15 is 0 Å². The van der Waals surface area contributed by atoms with Crippen LogP contribution in [0.3, 0.4) is 0 Å². The number of aliphatic hydroxyl groups is 1. The van der Waals surface area contributed by atoms with Gasteiger partial charge in [0.15, 0.2) is 0 Å². The van der Waals surface area contributed by atoms with Gasteiger partial charge in [-0.05, 0) is 47.5 Å². The SMILES string of the molecule is FC(F)(F)Cn1ccc(C(Cl)c2ccncc2)n1.OC(c1ccncc1)c1ccn(CC(F)(F)F)n1. The van der Waals surface area contributed by atoms with Gasteiger partial charge in [0.1, 0.15) is 24.6 Å². The maximum Gasteiger partial charge on any atom is 0.408 e. The van der Waals surface area contributed by atoms with Gasteiger partial charge >= 0.3 is 12.4 Å². The molecule has 14 heteroatoms. The Bertz CT molecular complexity index is 1120. The topological polar surface area (TPSA) is 81.6 Å². The lowest BCUT2D eigenvalue weighted by Gasteiger charge is -2.08. The van der Waals surface area contributed by atoms with Crippen LogP contribution in [0.15, 0.2) is 73.6 Å². The van der Waals surface area contributed by atoms with Crippen LogP contribution >= 0.6 is 11.6 Å². The van der Waals surface area contributed by atoms with E-state index in [4.69, 9.17) is 11.6 Å². The molecular weight excluding hydrogens is 514 g/mol. The first-order chi connectivity index (χ1) is 16.9. The van der Waals surface area contributed by atoms with E-state index in [1.165, 1.54) is 36.9 Å². The zero-order valence-corrected chi connectivity index (χ0v) is 19.0. The van der Waals surface area contributed by atoms with E-state index in [-0.39, 0.29) is 5.69 Å². The van der Waals surface area contributed by atoms with Crippen LogP contribution in [0.2, 0.25) is 0 Å². The molecule has 2 atom stereocenters. The van der Waals surface area contributed by atoms with Crippen molar-refractivity contribution >= 4 is 11.6 Å². The summed E-state index contributed by atoms with van der Waals surface area (Å²) in [6, 6.07) is 9.38. The summed E-state index contributed by atoms with van der Waals surface area (Å²) in [4.78, 5) is 7.63. The van der Waals surface area contributed by atoms with Gasteiger partial charge in [-0.1, -0.05) is 0 Å². The standard InChI is InChI=1S/C11H9ClF3N3.C11H10F3N3O/c12-10(8-1-4-16-5-2-8)9-3-6-18(17-9)7-11(13,14)15;12-11(13,14)7-17-6-3-9(16-17)10(18)8-1-4-15-5-2-8/h1-6,10H,7H2;1-6,10,18H,7H2. The highest BCUT2D eigenvalue weighted by Gasteiger charge is 2.29. The molecule has 4 aromatic rings. The Morgan fingerprint density at radius 2 is 1.11 bits per heavy atom. The molecule has 192 valence electrons. The third-order valence-corrected chi connectivity index (χ3v) is 5.04. The molecule has 7 nitrogen and oxygen atoms in total. The highest BCUT2D eigenvalue weighted by Crippen LogP contribution is 2.27. The molecule has 0 aliphatic carbocycles. The molecule has 4 rings (SSSR count). The van der Waals surface area contributed by atoms with E-state index < -0.39 is 36.9 Å². The maximum absolute atomic E-state index is 12.2. The van der Waals surface area contributed by atoms with Gasteiger partial charge in [-0.3, -0.25) is 19.3 Å². The summed E-state index contributed by atoms with van der Waals surface area (Å²) in [5.74, 6) is 0. The van der Waals surface area contributed by atoms with E-state index in [1.807, 2.05) is 0 Å². The Morgan fingerprint density at radius 3 is 1.58 bits per heavy atom. The largest absolute Gasteiger partial charge is 0.408 e. The maximum atomic E-state index is 12.2. The molecule has 0 aliphatic heterocycles. The van der Waals surface area contributed by atoms with E-state index in [2.05, 4.69) is 20.2 Å². The lowest BCUT2D eigenvalue weighted by Crippen LogP contribution is -2.18. The molecule has 0 bridgehead atoms. The third-order valence-electron chi connectivity index (χ3n) is 4.57. The minimum atomic E-state index is -4.33. The number of hydrogen-bond acceptors (Lipinski definition) is 5. The molecule has 4 heterocycles. The van der Waals surface area contributed by atoms with Crippen molar-refractivity contribution in [1.82, 2.24) is 29.5 Å². The lowest BCUT2D eigenvalue weighted by atomic mass is 10.1. The van der Waals surface area contributed by atoms with Crippen LogP contribution in [0, 0.1) is 0 Å². The minimum absolute atomic E-state index is 0.172. The monoisotopic (exact) mass is 532 g/mol. The fraction of sp³-hybridized carbons (Fsp3) is 0.273. The molecule has 0 fully saturated rings. The van der Waals surface area contributed by atoms with Crippen molar-refractivity contribution in [2.24, 2.45) is 0 Å². The second-order valence-corrected chi connectivity index (χ2v) is 7.87. The Balaban J connectivity index is 0.000000201. The molecule has 0 saturated heterocycles. The van der Waals surface area contributed by atoms with Crippen molar-refractivity contribution in [2.75, 3.05) is 0 Å². The van der Waals surface area contributed by atoms with Crippen molar-refractivity contribution in [3.05, 3.63) is 96.1 Å². The Hall–Kier alpha value is -3.45. The van der Waals surface area contributed by atoms with Gasteiger partial charge in [-0.25, -0.2) is 0 Å². The quantitative estimate of drug-likeness (QED) is 0.276. The number of hydrogen-bond donors (Lipinski definition) is 1. The molecule has 0 aromatic carbocycles. The van der Waals surface area contributed by atoms with Crippen molar-refractivity contribution in [2.45, 2.75) is 36.9 Å². The Morgan fingerprint density at radius 1 is 0.694 bits per heavy atom. The van der Waals surface area contributed by atoms with Gasteiger partial charge in [-0.15, -0.1) is 11.6 Å². The highest BCUT2D eigenvalue weighted by molar-refractivity contribution is 6.22. The third kappa shape index (κ3) is 8.34. The Labute approximate surface area is 206 Å². The van der Waals surface area contributed by atoms with Crippen LogP contribution in [-0.2, 0) is 13.1 Å². The van der Waals surface area contributed by atoms with Gasteiger partial charge in [0.2, 0.25) is 0 Å². The average molecular weight is 533 g/mol. The zero-order chi connectivity index (χ0) is 26.3. The van der Waals surface area contributed by atoms with E-state index in [1.54, 1.807) is 36.7 Å². The first-order valence-corrected chi connectivity index (χ1v) is 10.7. The average Bonchev–Trinajstić information content (AvgIpc) is 3.47. The van der Waals surface area contributed by atoms with Crippen molar-refractivity contribution in [3.8, 4) is 0 Å². The van der Waals surface area contributed by atoms with Gasteiger partial charge in [0, 0.05) is 37.2 Å². The number of nitrogens with zero attached hydrogens (tertiary/aromatic N) is 6. The van der Waals surface area contributed by atoms with Gasteiger partial charge in [-0.2, -0.15) is 36.5 Å². The fourth-order valence-corrected chi connectivity index (χ4v) is 3.26. The summed E-state index contributed by atoms with van der Waals surface area (Å²) >= 11 is 6.13. The second kappa shape index (κ2) is 11.5. The number of aromatic nitrogens is 6. The first-order valence-electron chi connectivity index (χ1n) is 10.2. The van der Waals surface area contributed by atoms with Crippen LogP contribution < -0.4 is 0 Å². The number of alkyl halides is 7. The van der Waals surface area contributed by atoms with Crippen LogP contribution in [0.5, 0.6) is 0 Å². The summed E-state index contributed by atoms with van der Waals surface area (Å²) in [6.07, 6.45) is -1.10. The molecule has 0 saturated carbocycles. The van der Waals surface area contributed by atoms with Crippen LogP contribution in [0.4, 0.5) is 26.3 Å². The molecular formula is C22H19ClF6N6O. The van der Waals surface area contributed by atoms with Crippen LogP contribution in [0.1, 0.15) is 34.0 Å². The second-order valence-electron chi connectivity index (χ2n) is 7.43. The smallest absolute Gasteiger partial charge is 0.382 e. The molecule has 2 unspecified atom stereocenters. The van der Waals surface area contributed by atoms with Crippen LogP contribution in [0.25, 0.3) is 0 Å². The predicted octanol–water partition coefficient (Wildman–Crippen LogP) is 5.09. The molecule has 1 N–H and O–H groups in total. The zero-order valence-electron chi connectivity index (χ0n) is 18.3. The van der Waals surface area contributed by atoms with Gasteiger partial charge in [0.05, 0.1) is 11.4 Å². The summed E-state index contributed by atoms with van der Waals surface area (Å²) in [5, 5.41) is 16.9. The summed E-state index contributed by atoms with van der Waals surface area (Å²) in [6.45, 7) is -2.29. The summed E-state index contributed by atoms with van der Waals surface area (Å²) < 4.78 is 74.5. The Kier molecular flexibility index (Phi) is 8.69. The molecule has 36 heavy (non-hydrogen) atoms. The molecule has 0 spiro atoms. The fourth-order valence-electron chi connectivity index (χ4n) is 3.00. The number of halogens is 7. The van der Waals surface area contributed by atoms with E-state index in [0.717, 1.165) is 14.9 Å². The van der Waals surface area contributed by atoms with Gasteiger partial charge < -0.3 is 5.11 Å². The lowest BCUT2D eigenvalue weighted by molar-refractivity contribution is -0.143. The molecule has 0 amide bonds. The van der Waals surface area contributed by atoms with Crippen LogP contribution in [-0.4, -0.2) is 47.0 Å². The van der Waals surface area contributed by atoms with Crippen molar-refractivity contribution < 1.29 is 31.4 Å². The first kappa shape index (κ1) is 27.1. The number of pyridine rings is 2. The van der Waals surface area contributed by atoms with Crippen molar-refractivity contribution in [1.29, 1.82) is 0 Å². The molecule has 0 aliphatic rings. The minimum Gasteiger partial charge on any atom is -0.382 e. The molecule has 4 aromatic heterocycles. The number of rotatable bonds is 6. The summed E-state index contributed by atoms with van der Waals surface area (Å²) in [7, 11) is 0. The predicted molar refractivity (Wildman–Crippen MR) is 117 cm³/mol. The van der Waals surface area contributed by atoms with E-state index in [9.17, 15) is 31.4 Å². The molecule has 0 radical (unpaired) electrons. The van der Waals surface area contributed by atoms with E-state index in [0.29, 0.717) is 11.3 Å². The normalized spacial score (nSPS) is 13.6. The van der Waals surface area contributed by atoms with Gasteiger partial charge in [0.25, 0.3) is 0 Å². The van der Waals surface area contributed by atoms with Crippen molar-refractivity contribution in [3.63, 3.8) is 0 Å². The highest BCUT2D eigenvalue weighted by atomic mass is 35.5.